The van der Waals surface area contributed by atoms with E-state index in [2.05, 4.69) is 0 Å². The van der Waals surface area contributed by atoms with Gasteiger partial charge in [-0.2, -0.15) is 8.42 Å². The third-order valence-electron chi connectivity index (χ3n) is 1.97. The van der Waals surface area contributed by atoms with Crippen LogP contribution in [-0.4, -0.2) is 29.4 Å². The second kappa shape index (κ2) is 3.51. The summed E-state index contributed by atoms with van der Waals surface area (Å²) in [6.45, 7) is 4.43. The molecule has 0 fully saturated rings. The van der Waals surface area contributed by atoms with Gasteiger partial charge in [0.25, 0.3) is 10.1 Å². The molecule has 3 atom stereocenters. The summed E-state index contributed by atoms with van der Waals surface area (Å²) in [6.07, 6.45) is -0.730. The first-order valence-corrected chi connectivity index (χ1v) is 4.91. The lowest BCUT2D eigenvalue weighted by Gasteiger charge is -2.19. The fourth-order valence-corrected chi connectivity index (χ4v) is 1.43. The highest BCUT2D eigenvalue weighted by atomic mass is 32.2. The SMILES string of the molecule is CC(O)C(C)C(C)S(=O)(=O)O. The van der Waals surface area contributed by atoms with Crippen molar-refractivity contribution in [3.05, 3.63) is 0 Å². The van der Waals surface area contributed by atoms with Gasteiger partial charge in [-0.15, -0.1) is 0 Å². The molecule has 0 rings (SSSR count). The van der Waals surface area contributed by atoms with E-state index in [4.69, 9.17) is 9.66 Å². The van der Waals surface area contributed by atoms with Gasteiger partial charge in [-0.05, 0) is 13.8 Å². The fourth-order valence-electron chi connectivity index (χ4n) is 0.663. The van der Waals surface area contributed by atoms with E-state index in [1.165, 1.54) is 13.8 Å². The Kier molecular flexibility index (Phi) is 3.47. The average molecular weight is 182 g/mol. The van der Waals surface area contributed by atoms with Crippen LogP contribution in [-0.2, 0) is 10.1 Å². The number of rotatable bonds is 3. The van der Waals surface area contributed by atoms with Crippen molar-refractivity contribution in [2.24, 2.45) is 5.92 Å². The van der Waals surface area contributed by atoms with Crippen molar-refractivity contribution in [1.29, 1.82) is 0 Å². The van der Waals surface area contributed by atoms with Crippen molar-refractivity contribution < 1.29 is 18.1 Å². The molecule has 0 saturated heterocycles. The van der Waals surface area contributed by atoms with Crippen LogP contribution in [0.1, 0.15) is 20.8 Å². The molecule has 3 unspecified atom stereocenters. The van der Waals surface area contributed by atoms with Crippen LogP contribution in [0.3, 0.4) is 0 Å². The van der Waals surface area contributed by atoms with Crippen molar-refractivity contribution in [1.82, 2.24) is 0 Å². The molecule has 2 N–H and O–H groups in total. The van der Waals surface area contributed by atoms with E-state index in [0.29, 0.717) is 0 Å². The first-order valence-electron chi connectivity index (χ1n) is 3.41. The molecule has 0 aliphatic rings. The van der Waals surface area contributed by atoms with Gasteiger partial charge in [0.1, 0.15) is 0 Å². The fraction of sp³-hybridized carbons (Fsp3) is 1.00. The van der Waals surface area contributed by atoms with Crippen LogP contribution in [0.5, 0.6) is 0 Å². The van der Waals surface area contributed by atoms with Gasteiger partial charge >= 0.3 is 0 Å². The summed E-state index contributed by atoms with van der Waals surface area (Å²) in [5.41, 5.74) is 0. The molecule has 0 saturated carbocycles. The van der Waals surface area contributed by atoms with Gasteiger partial charge in [0.15, 0.2) is 0 Å². The van der Waals surface area contributed by atoms with Crippen LogP contribution in [0.15, 0.2) is 0 Å². The Bertz CT molecular complexity index is 207. The van der Waals surface area contributed by atoms with Crippen LogP contribution >= 0.6 is 0 Å². The lowest BCUT2D eigenvalue weighted by Crippen LogP contribution is -2.31. The molecule has 0 aromatic heterocycles. The normalized spacial score (nSPS) is 20.8. The Morgan fingerprint density at radius 1 is 1.18 bits per heavy atom. The molecule has 0 radical (unpaired) electrons. The van der Waals surface area contributed by atoms with Crippen LogP contribution in [0.4, 0.5) is 0 Å². The van der Waals surface area contributed by atoms with Crippen molar-refractivity contribution in [2.45, 2.75) is 32.1 Å². The maximum absolute atomic E-state index is 10.5. The Labute approximate surface area is 67.0 Å². The second-order valence-corrected chi connectivity index (χ2v) is 4.59. The van der Waals surface area contributed by atoms with Gasteiger partial charge < -0.3 is 5.11 Å². The summed E-state index contributed by atoms with van der Waals surface area (Å²) >= 11 is 0. The molecule has 0 aromatic rings. The Balaban J connectivity index is 4.38. The summed E-state index contributed by atoms with van der Waals surface area (Å²) in [5.74, 6) is -0.454. The second-order valence-electron chi connectivity index (χ2n) is 2.82. The third kappa shape index (κ3) is 3.18. The number of aliphatic hydroxyl groups excluding tert-OH is 1. The lowest BCUT2D eigenvalue weighted by atomic mass is 10.0. The summed E-state index contributed by atoms with van der Waals surface area (Å²) in [4.78, 5) is 0. The summed E-state index contributed by atoms with van der Waals surface area (Å²) in [5, 5.41) is 8.06. The molecule has 0 bridgehead atoms. The van der Waals surface area contributed by atoms with Gasteiger partial charge in [0, 0.05) is 5.92 Å². The van der Waals surface area contributed by atoms with Gasteiger partial charge in [0.2, 0.25) is 0 Å². The Morgan fingerprint density at radius 3 is 1.64 bits per heavy atom. The van der Waals surface area contributed by atoms with Crippen molar-refractivity contribution in [3.63, 3.8) is 0 Å². The highest BCUT2D eigenvalue weighted by Gasteiger charge is 2.27. The zero-order chi connectivity index (χ0) is 9.23. The van der Waals surface area contributed by atoms with E-state index in [0.717, 1.165) is 0 Å². The predicted octanol–water partition coefficient (Wildman–Crippen LogP) is 0.280. The number of aliphatic hydroxyl groups is 1. The molecule has 0 aromatic carbocycles. The number of hydrogen-bond donors (Lipinski definition) is 2. The molecule has 0 spiro atoms. The molecular weight excluding hydrogens is 168 g/mol. The van der Waals surface area contributed by atoms with Gasteiger partial charge in [0.05, 0.1) is 11.4 Å². The average Bonchev–Trinajstić information content (AvgIpc) is 1.82. The minimum Gasteiger partial charge on any atom is -0.393 e. The van der Waals surface area contributed by atoms with Crippen LogP contribution in [0.25, 0.3) is 0 Å². The first-order chi connectivity index (χ1) is 4.76. The minimum absolute atomic E-state index is 0.454. The Hall–Kier alpha value is -0.130. The first kappa shape index (κ1) is 10.9. The largest absolute Gasteiger partial charge is 0.393 e. The zero-order valence-electron chi connectivity index (χ0n) is 6.85. The molecule has 0 aliphatic heterocycles. The molecule has 0 aliphatic carbocycles. The highest BCUT2D eigenvalue weighted by molar-refractivity contribution is 7.86. The van der Waals surface area contributed by atoms with E-state index in [1.807, 2.05) is 0 Å². The summed E-state index contributed by atoms with van der Waals surface area (Å²) < 4.78 is 29.6. The summed E-state index contributed by atoms with van der Waals surface area (Å²) in [7, 11) is -4.01. The molecule has 4 nitrogen and oxygen atoms in total. The molecular formula is C6H14O4S. The van der Waals surface area contributed by atoms with Crippen molar-refractivity contribution in [2.75, 3.05) is 0 Å². The summed E-state index contributed by atoms with van der Waals surface area (Å²) in [6, 6.07) is 0. The van der Waals surface area contributed by atoms with Crippen LogP contribution in [0, 0.1) is 5.92 Å². The van der Waals surface area contributed by atoms with E-state index in [-0.39, 0.29) is 0 Å². The zero-order valence-corrected chi connectivity index (χ0v) is 7.67. The monoisotopic (exact) mass is 182 g/mol. The molecule has 0 heterocycles. The predicted molar refractivity (Wildman–Crippen MR) is 41.9 cm³/mol. The maximum Gasteiger partial charge on any atom is 0.267 e. The van der Waals surface area contributed by atoms with E-state index in [1.54, 1.807) is 6.92 Å². The van der Waals surface area contributed by atoms with E-state index < -0.39 is 27.4 Å². The maximum atomic E-state index is 10.5. The van der Waals surface area contributed by atoms with E-state index >= 15 is 0 Å². The quantitative estimate of drug-likeness (QED) is 0.615. The van der Waals surface area contributed by atoms with E-state index in [9.17, 15) is 8.42 Å². The highest BCUT2D eigenvalue weighted by Crippen LogP contribution is 2.14. The molecule has 68 valence electrons. The number of hydrogen-bond acceptors (Lipinski definition) is 3. The van der Waals surface area contributed by atoms with Crippen LogP contribution in [0.2, 0.25) is 0 Å². The van der Waals surface area contributed by atoms with Gasteiger partial charge in [-0.25, -0.2) is 0 Å². The molecule has 5 heteroatoms. The minimum atomic E-state index is -4.01. The smallest absolute Gasteiger partial charge is 0.267 e. The standard InChI is InChI=1S/C6H14O4S/c1-4(5(2)7)6(3)11(8,9)10/h4-7H,1-3H3,(H,8,9,10). The molecule has 11 heavy (non-hydrogen) atoms. The lowest BCUT2D eigenvalue weighted by molar-refractivity contribution is 0.132. The third-order valence-corrected chi connectivity index (χ3v) is 3.34. The van der Waals surface area contributed by atoms with Crippen molar-refractivity contribution >= 4 is 10.1 Å². The van der Waals surface area contributed by atoms with Crippen LogP contribution < -0.4 is 0 Å². The van der Waals surface area contributed by atoms with Gasteiger partial charge in [-0.1, -0.05) is 6.92 Å². The molecule has 0 amide bonds. The topological polar surface area (TPSA) is 74.6 Å². The van der Waals surface area contributed by atoms with Crippen molar-refractivity contribution in [3.8, 4) is 0 Å². The Morgan fingerprint density at radius 2 is 1.55 bits per heavy atom. The van der Waals surface area contributed by atoms with Gasteiger partial charge in [-0.3, -0.25) is 4.55 Å².